The molecule has 3 heterocycles. The minimum absolute atomic E-state index is 0.102. The van der Waals surface area contributed by atoms with Gasteiger partial charge in [0.05, 0.1) is 0 Å². The Kier molecular flexibility index (Phi) is 1.94. The highest BCUT2D eigenvalue weighted by molar-refractivity contribution is 6.10. The lowest BCUT2D eigenvalue weighted by molar-refractivity contribution is -0.160. The normalized spacial score (nSPS) is 30.9. The second kappa shape index (κ2) is 3.39. The predicted molar refractivity (Wildman–Crippen MR) is 66.6 cm³/mol. The zero-order valence-corrected chi connectivity index (χ0v) is 10.5. The van der Waals surface area contributed by atoms with Crippen LogP contribution >= 0.6 is 0 Å². The summed E-state index contributed by atoms with van der Waals surface area (Å²) in [7, 11) is 0. The Morgan fingerprint density at radius 2 is 2.00 bits per heavy atom. The van der Waals surface area contributed by atoms with E-state index in [0.29, 0.717) is 24.9 Å². The van der Waals surface area contributed by atoms with Crippen molar-refractivity contribution in [3.63, 3.8) is 0 Å². The number of aromatic hydroxyl groups is 1. The van der Waals surface area contributed by atoms with Crippen molar-refractivity contribution in [2.75, 3.05) is 0 Å². The van der Waals surface area contributed by atoms with Crippen LogP contribution in [0.1, 0.15) is 28.8 Å². The molecule has 1 aromatic rings. The number of amides is 3. The first-order valence-corrected chi connectivity index (χ1v) is 6.50. The van der Waals surface area contributed by atoms with Crippen LogP contribution in [0.2, 0.25) is 0 Å². The first-order chi connectivity index (χ1) is 9.51. The number of carbonyl (C=O) groups excluding carboxylic acids is 3. The van der Waals surface area contributed by atoms with Gasteiger partial charge in [-0.3, -0.25) is 19.7 Å². The molecule has 0 atom stereocenters. The lowest BCUT2D eigenvalue weighted by Crippen LogP contribution is -2.73. The maximum atomic E-state index is 12.4. The van der Waals surface area contributed by atoms with E-state index in [0.717, 1.165) is 5.56 Å². The minimum atomic E-state index is -0.885. The van der Waals surface area contributed by atoms with Crippen molar-refractivity contribution >= 4 is 17.7 Å². The van der Waals surface area contributed by atoms with E-state index in [2.05, 4.69) is 5.32 Å². The van der Waals surface area contributed by atoms with E-state index in [-0.39, 0.29) is 29.4 Å². The van der Waals surface area contributed by atoms with Gasteiger partial charge in [-0.05, 0) is 36.6 Å². The van der Waals surface area contributed by atoms with Gasteiger partial charge in [-0.25, -0.2) is 0 Å². The van der Waals surface area contributed by atoms with Gasteiger partial charge in [0.25, 0.3) is 11.8 Å². The lowest BCUT2D eigenvalue weighted by Gasteiger charge is -2.53. The number of piperidine rings is 2. The van der Waals surface area contributed by atoms with Crippen LogP contribution in [0.15, 0.2) is 18.2 Å². The number of hydrogen-bond donors (Lipinski definition) is 2. The monoisotopic (exact) mass is 272 g/mol. The molecule has 102 valence electrons. The molecule has 0 spiro atoms. The summed E-state index contributed by atoms with van der Waals surface area (Å²) >= 11 is 0. The number of nitrogens with zero attached hydrogens (tertiary/aromatic N) is 1. The van der Waals surface area contributed by atoms with E-state index in [9.17, 15) is 19.5 Å². The molecule has 3 amide bonds. The smallest absolute Gasteiger partial charge is 0.255 e. The van der Waals surface area contributed by atoms with Crippen LogP contribution < -0.4 is 5.32 Å². The molecule has 3 aliphatic heterocycles. The Labute approximate surface area is 114 Å². The molecule has 0 aromatic heterocycles. The van der Waals surface area contributed by atoms with Gasteiger partial charge in [-0.15, -0.1) is 0 Å². The third kappa shape index (κ3) is 1.21. The fourth-order valence-electron chi connectivity index (χ4n) is 3.45. The van der Waals surface area contributed by atoms with Gasteiger partial charge in [0, 0.05) is 18.0 Å². The largest absolute Gasteiger partial charge is 0.508 e. The van der Waals surface area contributed by atoms with Crippen LogP contribution in [0, 0.1) is 5.92 Å². The summed E-state index contributed by atoms with van der Waals surface area (Å²) in [4.78, 5) is 37.6. The van der Waals surface area contributed by atoms with E-state index in [4.69, 9.17) is 0 Å². The fourth-order valence-corrected chi connectivity index (χ4v) is 3.45. The van der Waals surface area contributed by atoms with Crippen LogP contribution in [0.25, 0.3) is 0 Å². The second-order valence-corrected chi connectivity index (χ2v) is 5.69. The molecule has 2 bridgehead atoms. The van der Waals surface area contributed by atoms with Crippen LogP contribution in [0.5, 0.6) is 5.75 Å². The second-order valence-electron chi connectivity index (χ2n) is 5.69. The summed E-state index contributed by atoms with van der Waals surface area (Å²) in [5.74, 6) is -0.889. The average molecular weight is 272 g/mol. The number of benzene rings is 1. The van der Waals surface area contributed by atoms with Crippen molar-refractivity contribution in [1.82, 2.24) is 10.2 Å². The maximum absolute atomic E-state index is 12.4. The molecule has 6 nitrogen and oxygen atoms in total. The molecule has 3 fully saturated rings. The highest BCUT2D eigenvalue weighted by atomic mass is 16.3. The number of nitrogens with one attached hydrogen (secondary N) is 1. The van der Waals surface area contributed by atoms with Crippen molar-refractivity contribution in [3.8, 4) is 5.75 Å². The predicted octanol–water partition coefficient (Wildman–Crippen LogP) is 0.153. The van der Waals surface area contributed by atoms with E-state index >= 15 is 0 Å². The Hall–Kier alpha value is -2.37. The van der Waals surface area contributed by atoms with Crippen LogP contribution in [0.3, 0.4) is 0 Å². The quantitative estimate of drug-likeness (QED) is 0.713. The minimum Gasteiger partial charge on any atom is -0.508 e. The molecule has 1 saturated carbocycles. The zero-order chi connectivity index (χ0) is 14.1. The molecule has 2 N–H and O–H groups in total. The molecular weight excluding hydrogens is 260 g/mol. The molecule has 0 radical (unpaired) electrons. The van der Waals surface area contributed by atoms with Crippen molar-refractivity contribution in [3.05, 3.63) is 29.3 Å². The third-order valence-electron chi connectivity index (χ3n) is 4.61. The van der Waals surface area contributed by atoms with Crippen molar-refractivity contribution < 1.29 is 19.5 Å². The fraction of sp³-hybridized carbons (Fsp3) is 0.357. The van der Waals surface area contributed by atoms with Gasteiger partial charge in [0.1, 0.15) is 11.3 Å². The van der Waals surface area contributed by atoms with E-state index < -0.39 is 5.54 Å². The van der Waals surface area contributed by atoms with Gasteiger partial charge in [0.2, 0.25) is 5.91 Å². The van der Waals surface area contributed by atoms with Crippen molar-refractivity contribution in [2.45, 2.75) is 24.9 Å². The highest BCUT2D eigenvalue weighted by Gasteiger charge is 2.62. The maximum Gasteiger partial charge on any atom is 0.255 e. The SMILES string of the molecule is O=C1NC(=O)C2(N3Cc4cc(O)ccc4C3=O)CC1C2. The molecule has 0 unspecified atom stereocenters. The Balaban J connectivity index is 1.71. The van der Waals surface area contributed by atoms with Gasteiger partial charge in [0.15, 0.2) is 0 Å². The summed E-state index contributed by atoms with van der Waals surface area (Å²) < 4.78 is 0. The first kappa shape index (κ1) is 11.5. The molecule has 20 heavy (non-hydrogen) atoms. The summed E-state index contributed by atoms with van der Waals surface area (Å²) in [6.45, 7) is 0.302. The molecule has 6 heteroatoms. The molecule has 1 aromatic carbocycles. The van der Waals surface area contributed by atoms with E-state index in [1.165, 1.54) is 11.0 Å². The number of hydrogen-bond acceptors (Lipinski definition) is 4. The van der Waals surface area contributed by atoms with Crippen LogP contribution in [0.4, 0.5) is 0 Å². The van der Waals surface area contributed by atoms with Crippen LogP contribution in [-0.4, -0.2) is 33.3 Å². The molecule has 1 aliphatic carbocycles. The van der Waals surface area contributed by atoms with E-state index in [1.54, 1.807) is 12.1 Å². The standard InChI is InChI=1S/C14H12N2O4/c17-9-1-2-10-7(3-9)6-16(12(10)19)14-4-8(5-14)11(18)15-13(14)20/h1-3,8,17H,4-6H2,(H,15,18,20). The Morgan fingerprint density at radius 1 is 1.25 bits per heavy atom. The van der Waals surface area contributed by atoms with Crippen molar-refractivity contribution in [1.29, 1.82) is 0 Å². The molecule has 4 aliphatic rings. The lowest BCUT2D eigenvalue weighted by atomic mass is 9.63. The number of imide groups is 1. The van der Waals surface area contributed by atoms with E-state index in [1.807, 2.05) is 0 Å². The number of rotatable bonds is 1. The first-order valence-electron chi connectivity index (χ1n) is 6.50. The number of phenolic OH excluding ortho intramolecular Hbond substituents is 1. The Bertz CT molecular complexity index is 676. The number of carbonyl (C=O) groups is 3. The zero-order valence-electron chi connectivity index (χ0n) is 10.5. The van der Waals surface area contributed by atoms with Gasteiger partial charge < -0.3 is 10.0 Å². The van der Waals surface area contributed by atoms with Crippen molar-refractivity contribution in [2.24, 2.45) is 5.92 Å². The van der Waals surface area contributed by atoms with Gasteiger partial charge in [-0.2, -0.15) is 0 Å². The number of fused-ring (bicyclic) bond motifs is 3. The third-order valence-corrected chi connectivity index (χ3v) is 4.61. The highest BCUT2D eigenvalue weighted by Crippen LogP contribution is 2.48. The summed E-state index contributed by atoms with van der Waals surface area (Å²) in [5, 5.41) is 11.8. The number of phenols is 1. The Morgan fingerprint density at radius 3 is 2.70 bits per heavy atom. The molecular formula is C14H12N2O4. The molecule has 2 saturated heterocycles. The van der Waals surface area contributed by atoms with Crippen LogP contribution in [-0.2, 0) is 16.1 Å². The molecule has 5 rings (SSSR count). The summed E-state index contributed by atoms with van der Waals surface area (Å²) in [6, 6.07) is 4.59. The van der Waals surface area contributed by atoms with Gasteiger partial charge >= 0.3 is 0 Å². The summed E-state index contributed by atoms with van der Waals surface area (Å²) in [6.07, 6.45) is 0.812. The topological polar surface area (TPSA) is 86.7 Å². The van der Waals surface area contributed by atoms with Gasteiger partial charge in [-0.1, -0.05) is 0 Å². The summed E-state index contributed by atoms with van der Waals surface area (Å²) in [5.41, 5.74) is 0.354. The average Bonchev–Trinajstić information content (AvgIpc) is 2.64.